The molecule has 74 valence electrons. The molecular weight excluding hydrogens is 248 g/mol. The average Bonchev–Trinajstić information content (AvgIpc) is 2.41. The predicted octanol–water partition coefficient (Wildman–Crippen LogP) is 2.52. The molecule has 1 aromatic carbocycles. The first-order valence-corrected chi connectivity index (χ1v) is 5.17. The smallest absolute Gasteiger partial charge is 0.169 e. The average molecular weight is 257 g/mol. The highest BCUT2D eigenvalue weighted by molar-refractivity contribution is 9.10. The number of carbonyl (C=O) groups excluding carboxylic acids is 1. The molecule has 1 aromatic rings. The Balaban J connectivity index is 2.45. The summed E-state index contributed by atoms with van der Waals surface area (Å²) in [6, 6.07) is 3.60. The van der Waals surface area contributed by atoms with Crippen molar-refractivity contribution in [3.63, 3.8) is 0 Å². The van der Waals surface area contributed by atoms with Crippen LogP contribution in [0.4, 0.5) is 0 Å². The summed E-state index contributed by atoms with van der Waals surface area (Å²) < 4.78 is 0.733. The Kier molecular flexibility index (Phi) is 2.84. The lowest BCUT2D eigenvalue weighted by Crippen LogP contribution is -1.96. The lowest BCUT2D eigenvalue weighted by Gasteiger charge is -2.06. The molecule has 0 N–H and O–H groups in total. The Bertz CT molecular complexity index is 363. The fraction of sp³-hybridized carbons (Fsp3) is 0.300. The molecule has 1 aliphatic heterocycles. The maximum atomic E-state index is 10.7. The molecule has 0 aromatic heterocycles. The molecule has 14 heavy (non-hydrogen) atoms. The number of carbonyl (C=O) groups is 1. The van der Waals surface area contributed by atoms with Crippen molar-refractivity contribution in [1.29, 1.82) is 0 Å². The molecule has 1 heterocycles. The molecule has 0 radical (unpaired) electrons. The molecule has 0 atom stereocenters. The van der Waals surface area contributed by atoms with Crippen LogP contribution in [0.1, 0.15) is 22.3 Å². The van der Waals surface area contributed by atoms with Crippen molar-refractivity contribution >= 4 is 22.2 Å². The fourth-order valence-corrected chi connectivity index (χ4v) is 1.82. The van der Waals surface area contributed by atoms with E-state index in [0.29, 0.717) is 17.9 Å². The second kappa shape index (κ2) is 4.11. The maximum absolute atomic E-state index is 10.7. The van der Waals surface area contributed by atoms with Gasteiger partial charge in [-0.3, -0.25) is 4.79 Å². The minimum Gasteiger partial charge on any atom is -0.337 e. The van der Waals surface area contributed by atoms with Crippen molar-refractivity contribution in [3.8, 4) is 5.75 Å². The van der Waals surface area contributed by atoms with Crippen LogP contribution in [0, 0.1) is 0 Å². The van der Waals surface area contributed by atoms with E-state index in [4.69, 9.17) is 9.78 Å². The zero-order valence-electron chi connectivity index (χ0n) is 7.46. The molecule has 3 nitrogen and oxygen atoms in total. The first-order valence-electron chi connectivity index (χ1n) is 4.38. The molecule has 0 saturated heterocycles. The molecule has 0 spiro atoms. The van der Waals surface area contributed by atoms with Gasteiger partial charge >= 0.3 is 0 Å². The molecule has 0 aliphatic carbocycles. The minimum atomic E-state index is 0.586. The SMILES string of the molecule is O=Cc1cc2c(cc1Br)OOCCC2. The lowest BCUT2D eigenvalue weighted by molar-refractivity contribution is -0.203. The third kappa shape index (κ3) is 1.81. The summed E-state index contributed by atoms with van der Waals surface area (Å²) in [7, 11) is 0. The largest absolute Gasteiger partial charge is 0.337 e. The highest BCUT2D eigenvalue weighted by atomic mass is 79.9. The molecule has 0 unspecified atom stereocenters. The van der Waals surface area contributed by atoms with Gasteiger partial charge < -0.3 is 4.89 Å². The molecule has 1 aliphatic rings. The van der Waals surface area contributed by atoms with E-state index < -0.39 is 0 Å². The van der Waals surface area contributed by atoms with Gasteiger partial charge in [-0.05, 0) is 46.5 Å². The van der Waals surface area contributed by atoms with Gasteiger partial charge in [-0.1, -0.05) is 0 Å². The third-order valence-electron chi connectivity index (χ3n) is 2.13. The van der Waals surface area contributed by atoms with Gasteiger partial charge in [0, 0.05) is 10.0 Å². The van der Waals surface area contributed by atoms with E-state index in [9.17, 15) is 4.79 Å². The summed E-state index contributed by atoms with van der Waals surface area (Å²) in [6.45, 7) is 0.586. The summed E-state index contributed by atoms with van der Waals surface area (Å²) in [6.07, 6.45) is 2.62. The lowest BCUT2D eigenvalue weighted by atomic mass is 10.1. The van der Waals surface area contributed by atoms with Crippen LogP contribution in [0.25, 0.3) is 0 Å². The van der Waals surface area contributed by atoms with Gasteiger partial charge in [0.15, 0.2) is 12.0 Å². The zero-order chi connectivity index (χ0) is 9.97. The van der Waals surface area contributed by atoms with Gasteiger partial charge in [-0.2, -0.15) is 4.89 Å². The predicted molar refractivity (Wildman–Crippen MR) is 54.4 cm³/mol. The number of halogens is 1. The van der Waals surface area contributed by atoms with E-state index in [-0.39, 0.29) is 0 Å². The quantitative estimate of drug-likeness (QED) is 0.572. The van der Waals surface area contributed by atoms with Gasteiger partial charge in [0.1, 0.15) is 0 Å². The number of hydrogen-bond acceptors (Lipinski definition) is 3. The van der Waals surface area contributed by atoms with Crippen molar-refractivity contribution in [2.24, 2.45) is 0 Å². The normalized spacial score (nSPS) is 15.2. The summed E-state index contributed by atoms with van der Waals surface area (Å²) in [5.74, 6) is 0.694. The van der Waals surface area contributed by atoms with Gasteiger partial charge in [-0.15, -0.1) is 0 Å². The van der Waals surface area contributed by atoms with Crippen LogP contribution in [0.2, 0.25) is 0 Å². The van der Waals surface area contributed by atoms with Crippen LogP contribution in [-0.2, 0) is 11.3 Å². The summed E-state index contributed by atoms with van der Waals surface area (Å²) >= 11 is 3.29. The summed E-state index contributed by atoms with van der Waals surface area (Å²) in [5, 5.41) is 0. The van der Waals surface area contributed by atoms with E-state index in [1.54, 1.807) is 6.07 Å². The van der Waals surface area contributed by atoms with Crippen molar-refractivity contribution in [2.45, 2.75) is 12.8 Å². The van der Waals surface area contributed by atoms with Gasteiger partial charge in [0.05, 0.1) is 6.61 Å². The standard InChI is InChI=1S/C10H9BrO3/c11-9-5-10-7(4-8(9)6-12)2-1-3-13-14-10/h4-6H,1-3H2. The van der Waals surface area contributed by atoms with E-state index in [1.165, 1.54) is 0 Å². The van der Waals surface area contributed by atoms with Crippen LogP contribution in [0.3, 0.4) is 0 Å². The maximum Gasteiger partial charge on any atom is 0.169 e. The van der Waals surface area contributed by atoms with Crippen LogP contribution in [0.15, 0.2) is 16.6 Å². The fourth-order valence-electron chi connectivity index (χ4n) is 1.41. The van der Waals surface area contributed by atoms with Crippen molar-refractivity contribution in [1.82, 2.24) is 0 Å². The molecular formula is C10H9BrO3. The highest BCUT2D eigenvalue weighted by Crippen LogP contribution is 2.29. The van der Waals surface area contributed by atoms with E-state index in [0.717, 1.165) is 29.2 Å². The van der Waals surface area contributed by atoms with Crippen LogP contribution in [-0.4, -0.2) is 12.9 Å². The van der Waals surface area contributed by atoms with Gasteiger partial charge in [-0.25, -0.2) is 0 Å². The number of fused-ring (bicyclic) bond motifs is 1. The van der Waals surface area contributed by atoms with Crippen LogP contribution >= 0.6 is 15.9 Å². The number of benzene rings is 1. The first-order chi connectivity index (χ1) is 6.81. The molecule has 0 amide bonds. The van der Waals surface area contributed by atoms with Crippen molar-refractivity contribution < 1.29 is 14.6 Å². The molecule has 2 rings (SSSR count). The van der Waals surface area contributed by atoms with Crippen LogP contribution in [0.5, 0.6) is 5.75 Å². The number of aryl methyl sites for hydroxylation is 1. The minimum absolute atomic E-state index is 0.586. The van der Waals surface area contributed by atoms with Crippen molar-refractivity contribution in [2.75, 3.05) is 6.61 Å². The van der Waals surface area contributed by atoms with Gasteiger partial charge in [0.2, 0.25) is 0 Å². The number of hydrogen-bond donors (Lipinski definition) is 0. The van der Waals surface area contributed by atoms with Gasteiger partial charge in [0.25, 0.3) is 0 Å². The molecule has 0 fully saturated rings. The topological polar surface area (TPSA) is 35.5 Å². The molecule has 0 saturated carbocycles. The summed E-state index contributed by atoms with van der Waals surface area (Å²) in [4.78, 5) is 20.7. The third-order valence-corrected chi connectivity index (χ3v) is 2.82. The Morgan fingerprint density at radius 3 is 3.07 bits per heavy atom. The first kappa shape index (κ1) is 9.68. The van der Waals surface area contributed by atoms with E-state index in [2.05, 4.69) is 15.9 Å². The van der Waals surface area contributed by atoms with E-state index >= 15 is 0 Å². The Morgan fingerprint density at radius 1 is 1.43 bits per heavy atom. The number of aldehydes is 1. The van der Waals surface area contributed by atoms with E-state index in [1.807, 2.05) is 6.07 Å². The second-order valence-corrected chi connectivity index (χ2v) is 3.96. The zero-order valence-corrected chi connectivity index (χ0v) is 9.04. The Morgan fingerprint density at radius 2 is 2.29 bits per heavy atom. The van der Waals surface area contributed by atoms with Crippen LogP contribution < -0.4 is 4.89 Å². The Hall–Kier alpha value is -0.870. The monoisotopic (exact) mass is 256 g/mol. The number of rotatable bonds is 1. The highest BCUT2D eigenvalue weighted by Gasteiger charge is 2.13. The van der Waals surface area contributed by atoms with Crippen molar-refractivity contribution in [3.05, 3.63) is 27.7 Å². The second-order valence-electron chi connectivity index (χ2n) is 3.11. The Labute approximate surface area is 90.1 Å². The molecule has 4 heteroatoms. The summed E-state index contributed by atoms with van der Waals surface area (Å²) in [5.41, 5.74) is 1.67. The molecule has 0 bridgehead atoms.